The minimum Gasteiger partial charge on any atom is -0.444 e. The van der Waals surface area contributed by atoms with Gasteiger partial charge in [0.15, 0.2) is 5.82 Å². The number of thiophene rings is 1. The quantitative estimate of drug-likeness (QED) is 0.223. The molecule has 256 valence electrons. The molecule has 1 atom stereocenters. The van der Waals surface area contributed by atoms with E-state index in [2.05, 4.69) is 20.7 Å². The zero-order valence-electron chi connectivity index (χ0n) is 26.3. The number of nitrogens with one attached hydrogen (secondary N) is 2. The molecule has 1 aromatic carbocycles. The molecule has 0 spiro atoms. The van der Waals surface area contributed by atoms with Crippen LogP contribution in [0.2, 0.25) is 0 Å². The number of hydrogen-bond acceptors (Lipinski definition) is 8. The third-order valence-electron chi connectivity index (χ3n) is 7.82. The molecule has 2 aliphatic heterocycles. The minimum atomic E-state index is -2.87. The second-order valence-corrected chi connectivity index (χ2v) is 13.9. The number of ether oxygens (including phenoxy) is 1. The van der Waals surface area contributed by atoms with Crippen molar-refractivity contribution in [3.8, 4) is 11.4 Å². The average Bonchev–Trinajstić information content (AvgIpc) is 3.77. The Morgan fingerprint density at radius 3 is 2.58 bits per heavy atom. The van der Waals surface area contributed by atoms with E-state index in [4.69, 9.17) is 4.74 Å². The summed E-state index contributed by atoms with van der Waals surface area (Å²) in [5.41, 5.74) is 1.88. The fraction of sp³-hybridized carbons (Fsp3) is 0.424. The average molecular weight is 686 g/mol. The van der Waals surface area contributed by atoms with Gasteiger partial charge in [0.25, 0.3) is 5.56 Å². The number of halogens is 3. The highest BCUT2D eigenvalue weighted by molar-refractivity contribution is 7.12. The molecule has 0 saturated carbocycles. The number of aromatic nitrogens is 4. The molecule has 6 rings (SSSR count). The molecule has 1 unspecified atom stereocenters. The molecule has 5 heterocycles. The Balaban J connectivity index is 0.00000451. The standard InChI is InChI=1S/C32H34F3N7O4S.CH4/c1-17-9-18(11-20(33)10-17)13-36-27-29(44)42-23(26(38-27)22-7-8-41(39-22)30(34)35)5-6-24(42)28(43)37-14-21-12-19-15-40(16-25(19)47-21)31(45)46-32(2,3)4;/h7-12,24,30H,5-6,13-16H2,1-4H3,(H,36,38)(H,37,43);1H4. The minimum absolute atomic E-state index is 0. The number of hydrogen-bond donors (Lipinski definition) is 2. The summed E-state index contributed by atoms with van der Waals surface area (Å²) in [6, 6.07) is 6.95. The van der Waals surface area contributed by atoms with Crippen molar-refractivity contribution in [2.24, 2.45) is 0 Å². The van der Waals surface area contributed by atoms with E-state index in [1.54, 1.807) is 17.9 Å². The Kier molecular flexibility index (Phi) is 9.72. The molecule has 0 saturated heterocycles. The van der Waals surface area contributed by atoms with Gasteiger partial charge >= 0.3 is 12.6 Å². The van der Waals surface area contributed by atoms with Crippen molar-refractivity contribution in [3.63, 3.8) is 0 Å². The van der Waals surface area contributed by atoms with Gasteiger partial charge in [-0.25, -0.2) is 18.9 Å². The Morgan fingerprint density at radius 1 is 1.15 bits per heavy atom. The predicted octanol–water partition coefficient (Wildman–Crippen LogP) is 6.31. The molecule has 0 radical (unpaired) electrons. The summed E-state index contributed by atoms with van der Waals surface area (Å²) in [5.74, 6) is -0.912. The Hall–Kier alpha value is -4.66. The van der Waals surface area contributed by atoms with E-state index in [0.29, 0.717) is 47.4 Å². The lowest BCUT2D eigenvalue weighted by molar-refractivity contribution is -0.124. The number of alkyl halides is 2. The van der Waals surface area contributed by atoms with Crippen molar-refractivity contribution in [3.05, 3.63) is 84.8 Å². The lowest BCUT2D eigenvalue weighted by Gasteiger charge is -2.24. The number of carbonyl (C=O) groups is 2. The maximum atomic E-state index is 14.0. The lowest BCUT2D eigenvalue weighted by atomic mass is 10.1. The van der Waals surface area contributed by atoms with Crippen LogP contribution in [0.15, 0.2) is 41.3 Å². The summed E-state index contributed by atoms with van der Waals surface area (Å²) < 4.78 is 48.0. The molecular weight excluding hydrogens is 647 g/mol. The Morgan fingerprint density at radius 2 is 1.92 bits per heavy atom. The predicted molar refractivity (Wildman–Crippen MR) is 175 cm³/mol. The fourth-order valence-corrected chi connectivity index (χ4v) is 6.99. The summed E-state index contributed by atoms with van der Waals surface area (Å²) in [7, 11) is 0. The molecule has 15 heteroatoms. The Labute approximate surface area is 279 Å². The maximum absolute atomic E-state index is 14.0. The molecule has 2 amide bonds. The Bertz CT molecular complexity index is 1870. The van der Waals surface area contributed by atoms with Gasteiger partial charge in [0.2, 0.25) is 5.91 Å². The van der Waals surface area contributed by atoms with Gasteiger partial charge in [-0.3, -0.25) is 19.1 Å². The number of rotatable bonds is 8. The molecule has 2 N–H and O–H groups in total. The molecule has 2 aliphatic rings. The highest BCUT2D eigenvalue weighted by Crippen LogP contribution is 2.34. The zero-order valence-corrected chi connectivity index (χ0v) is 27.1. The van der Waals surface area contributed by atoms with Gasteiger partial charge in [0.05, 0.1) is 25.3 Å². The van der Waals surface area contributed by atoms with Crippen LogP contribution < -0.4 is 16.2 Å². The van der Waals surface area contributed by atoms with E-state index in [1.807, 2.05) is 26.8 Å². The van der Waals surface area contributed by atoms with Crippen LogP contribution in [0.1, 0.15) is 79.3 Å². The van der Waals surface area contributed by atoms with Crippen molar-refractivity contribution in [1.29, 1.82) is 0 Å². The number of amides is 2. The summed E-state index contributed by atoms with van der Waals surface area (Å²) in [5, 5.41) is 9.84. The van der Waals surface area contributed by atoms with Gasteiger partial charge < -0.3 is 15.4 Å². The van der Waals surface area contributed by atoms with Crippen LogP contribution in [0.4, 0.5) is 23.8 Å². The van der Waals surface area contributed by atoms with Crippen LogP contribution in [0, 0.1) is 12.7 Å². The second-order valence-electron chi connectivity index (χ2n) is 12.6. The molecule has 11 nitrogen and oxygen atoms in total. The van der Waals surface area contributed by atoms with E-state index in [9.17, 15) is 27.6 Å². The summed E-state index contributed by atoms with van der Waals surface area (Å²) in [6.07, 6.45) is 1.34. The molecule has 0 aliphatic carbocycles. The molecule has 0 bridgehead atoms. The van der Waals surface area contributed by atoms with Crippen LogP contribution >= 0.6 is 11.3 Å². The van der Waals surface area contributed by atoms with Gasteiger partial charge in [-0.1, -0.05) is 13.5 Å². The highest BCUT2D eigenvalue weighted by atomic mass is 32.1. The second kappa shape index (κ2) is 13.5. The first kappa shape index (κ1) is 34.7. The number of aryl methyl sites for hydroxylation is 1. The third-order valence-corrected chi connectivity index (χ3v) is 8.98. The normalized spacial score (nSPS) is 15.2. The number of fused-ring (bicyclic) bond motifs is 2. The van der Waals surface area contributed by atoms with Crippen LogP contribution in [0.3, 0.4) is 0 Å². The zero-order chi connectivity index (χ0) is 33.6. The maximum Gasteiger partial charge on any atom is 0.410 e. The van der Waals surface area contributed by atoms with Crippen molar-refractivity contribution in [2.45, 2.75) is 92.3 Å². The van der Waals surface area contributed by atoms with Crippen LogP contribution in [0.5, 0.6) is 0 Å². The van der Waals surface area contributed by atoms with Gasteiger partial charge in [0.1, 0.15) is 28.8 Å². The van der Waals surface area contributed by atoms with Gasteiger partial charge in [-0.15, -0.1) is 11.3 Å². The van der Waals surface area contributed by atoms with Crippen LogP contribution in [-0.4, -0.2) is 41.8 Å². The number of nitrogens with zero attached hydrogens (tertiary/aromatic N) is 5. The first-order valence-corrected chi connectivity index (χ1v) is 15.9. The topological polar surface area (TPSA) is 123 Å². The van der Waals surface area contributed by atoms with Crippen LogP contribution in [0.25, 0.3) is 11.4 Å². The monoisotopic (exact) mass is 685 g/mol. The van der Waals surface area contributed by atoms with Gasteiger partial charge in [0, 0.05) is 22.5 Å². The molecule has 4 aromatic rings. The smallest absolute Gasteiger partial charge is 0.410 e. The summed E-state index contributed by atoms with van der Waals surface area (Å²) >= 11 is 1.50. The first-order valence-electron chi connectivity index (χ1n) is 15.1. The van der Waals surface area contributed by atoms with Crippen LogP contribution in [-0.2, 0) is 42.1 Å². The fourth-order valence-electron chi connectivity index (χ4n) is 5.85. The van der Waals surface area contributed by atoms with Crippen molar-refractivity contribution >= 4 is 29.2 Å². The number of carbonyl (C=O) groups excluding carboxylic acids is 2. The SMILES string of the molecule is C.Cc1cc(F)cc(CNc2nc(-c3ccn(C(F)F)n3)c3n(c2=O)C(C(=O)NCc2cc4c(s2)CN(C(=O)OC(C)(C)C)C4)CC3)c1. The third kappa shape index (κ3) is 7.25. The molecule has 0 fully saturated rings. The highest BCUT2D eigenvalue weighted by Gasteiger charge is 2.35. The summed E-state index contributed by atoms with van der Waals surface area (Å²) in [4.78, 5) is 47.8. The van der Waals surface area contributed by atoms with Crippen molar-refractivity contribution in [1.82, 2.24) is 29.5 Å². The van der Waals surface area contributed by atoms with E-state index in [-0.39, 0.29) is 49.7 Å². The van der Waals surface area contributed by atoms with E-state index in [0.717, 1.165) is 21.5 Å². The largest absolute Gasteiger partial charge is 0.444 e. The van der Waals surface area contributed by atoms with Crippen molar-refractivity contribution < 1.29 is 27.5 Å². The molecular formula is C33H38F3N7O4S. The van der Waals surface area contributed by atoms with E-state index >= 15 is 0 Å². The van der Waals surface area contributed by atoms with E-state index < -0.39 is 29.6 Å². The van der Waals surface area contributed by atoms with E-state index in [1.165, 1.54) is 34.1 Å². The number of benzene rings is 1. The van der Waals surface area contributed by atoms with Gasteiger partial charge in [-0.05, 0) is 81.5 Å². The summed E-state index contributed by atoms with van der Waals surface area (Å²) in [6.45, 7) is 5.47. The molecule has 48 heavy (non-hydrogen) atoms. The van der Waals surface area contributed by atoms with Crippen molar-refractivity contribution in [2.75, 3.05) is 5.32 Å². The lowest BCUT2D eigenvalue weighted by Crippen LogP contribution is -2.36. The molecule has 3 aromatic heterocycles. The van der Waals surface area contributed by atoms with Gasteiger partial charge in [-0.2, -0.15) is 13.9 Å². The number of anilines is 1. The first-order chi connectivity index (χ1) is 22.3.